The van der Waals surface area contributed by atoms with Crippen LogP contribution in [0.5, 0.6) is 0 Å². The third kappa shape index (κ3) is 2.90. The van der Waals surface area contributed by atoms with Crippen molar-refractivity contribution >= 4 is 40.7 Å². The number of carbonyl (C=O) groups excluding carboxylic acids is 1. The molecular formula is C11H10Cl2OS. The summed E-state index contributed by atoms with van der Waals surface area (Å²) in [6.45, 7) is 0. The van der Waals surface area contributed by atoms with Crippen molar-refractivity contribution in [2.75, 3.05) is 0 Å². The Labute approximate surface area is 103 Å². The Hall–Kier alpha value is -0.180. The van der Waals surface area contributed by atoms with Gasteiger partial charge in [0.1, 0.15) is 5.78 Å². The third-order valence-electron chi connectivity index (χ3n) is 2.36. The van der Waals surface area contributed by atoms with Crippen LogP contribution in [0.15, 0.2) is 23.1 Å². The Morgan fingerprint density at radius 1 is 1.20 bits per heavy atom. The number of benzene rings is 1. The van der Waals surface area contributed by atoms with Crippen LogP contribution < -0.4 is 0 Å². The van der Waals surface area contributed by atoms with Crippen molar-refractivity contribution in [2.24, 2.45) is 0 Å². The molecule has 1 nitrogen and oxygen atoms in total. The predicted octanol–water partition coefficient (Wildman–Crippen LogP) is 4.21. The molecule has 1 aromatic rings. The van der Waals surface area contributed by atoms with E-state index in [0.29, 0.717) is 22.2 Å². The molecule has 1 aliphatic rings. The number of halogens is 2. The standard InChI is InChI=1S/C11H10Cl2OS/c12-7-4-8(13)6-9(5-7)15-11-3-1-2-10(11)14/h4-6,11H,1-3H2. The summed E-state index contributed by atoms with van der Waals surface area (Å²) in [4.78, 5) is 12.4. The molecule has 0 spiro atoms. The van der Waals surface area contributed by atoms with E-state index < -0.39 is 0 Å². The zero-order chi connectivity index (χ0) is 10.8. The molecule has 0 heterocycles. The van der Waals surface area contributed by atoms with Crippen molar-refractivity contribution < 1.29 is 4.79 Å². The van der Waals surface area contributed by atoms with Gasteiger partial charge in [-0.05, 0) is 31.0 Å². The van der Waals surface area contributed by atoms with Gasteiger partial charge in [-0.15, -0.1) is 11.8 Å². The molecule has 4 heteroatoms. The number of ketones is 1. The summed E-state index contributed by atoms with van der Waals surface area (Å²) in [5, 5.41) is 1.34. The van der Waals surface area contributed by atoms with Crippen molar-refractivity contribution in [2.45, 2.75) is 29.4 Å². The van der Waals surface area contributed by atoms with E-state index in [-0.39, 0.29) is 5.25 Å². The lowest BCUT2D eigenvalue weighted by molar-refractivity contribution is -0.116. The Kier molecular flexibility index (Phi) is 3.60. The SMILES string of the molecule is O=C1CCCC1Sc1cc(Cl)cc(Cl)c1. The van der Waals surface area contributed by atoms with Crippen LogP contribution in [0, 0.1) is 0 Å². The highest BCUT2D eigenvalue weighted by Crippen LogP contribution is 2.35. The highest BCUT2D eigenvalue weighted by molar-refractivity contribution is 8.00. The first-order valence-electron chi connectivity index (χ1n) is 4.80. The maximum absolute atomic E-state index is 11.5. The minimum atomic E-state index is 0.0968. The highest BCUT2D eigenvalue weighted by Gasteiger charge is 2.25. The minimum Gasteiger partial charge on any atom is -0.298 e. The zero-order valence-electron chi connectivity index (χ0n) is 8.00. The van der Waals surface area contributed by atoms with Gasteiger partial charge in [0, 0.05) is 21.4 Å². The highest BCUT2D eigenvalue weighted by atomic mass is 35.5. The lowest BCUT2D eigenvalue weighted by atomic mass is 10.3. The molecule has 1 saturated carbocycles. The van der Waals surface area contributed by atoms with E-state index in [4.69, 9.17) is 23.2 Å². The zero-order valence-corrected chi connectivity index (χ0v) is 10.3. The second-order valence-electron chi connectivity index (χ2n) is 3.57. The number of Topliss-reactive ketones (excluding diaryl/α,β-unsaturated/α-hetero) is 1. The monoisotopic (exact) mass is 260 g/mol. The van der Waals surface area contributed by atoms with Gasteiger partial charge in [0.25, 0.3) is 0 Å². The molecule has 0 saturated heterocycles. The van der Waals surface area contributed by atoms with Gasteiger partial charge in [-0.2, -0.15) is 0 Å². The maximum Gasteiger partial charge on any atom is 0.146 e. The Morgan fingerprint density at radius 3 is 2.40 bits per heavy atom. The van der Waals surface area contributed by atoms with Crippen LogP contribution in [0.4, 0.5) is 0 Å². The van der Waals surface area contributed by atoms with Crippen LogP contribution in [0.1, 0.15) is 19.3 Å². The maximum atomic E-state index is 11.5. The fourth-order valence-corrected chi connectivity index (χ4v) is 3.58. The minimum absolute atomic E-state index is 0.0968. The van der Waals surface area contributed by atoms with Gasteiger partial charge in [0.15, 0.2) is 0 Å². The summed E-state index contributed by atoms with van der Waals surface area (Å²) in [6, 6.07) is 5.40. The smallest absolute Gasteiger partial charge is 0.146 e. The predicted molar refractivity (Wildman–Crippen MR) is 65.0 cm³/mol. The molecule has 1 unspecified atom stereocenters. The van der Waals surface area contributed by atoms with E-state index >= 15 is 0 Å². The average Bonchev–Trinajstić information content (AvgIpc) is 2.50. The molecule has 0 bridgehead atoms. The Balaban J connectivity index is 2.13. The van der Waals surface area contributed by atoms with Crippen molar-refractivity contribution in [3.05, 3.63) is 28.2 Å². The molecule has 2 rings (SSSR count). The molecule has 15 heavy (non-hydrogen) atoms. The van der Waals surface area contributed by atoms with Crippen LogP contribution >= 0.6 is 35.0 Å². The molecule has 1 fully saturated rings. The van der Waals surface area contributed by atoms with E-state index in [1.54, 1.807) is 17.8 Å². The largest absolute Gasteiger partial charge is 0.298 e. The van der Waals surface area contributed by atoms with Crippen LogP contribution in [-0.4, -0.2) is 11.0 Å². The third-order valence-corrected chi connectivity index (χ3v) is 4.09. The van der Waals surface area contributed by atoms with Crippen molar-refractivity contribution in [1.29, 1.82) is 0 Å². The number of carbonyl (C=O) groups is 1. The summed E-state index contributed by atoms with van der Waals surface area (Å²) in [5.74, 6) is 0.344. The fourth-order valence-electron chi connectivity index (χ4n) is 1.67. The van der Waals surface area contributed by atoms with Gasteiger partial charge >= 0.3 is 0 Å². The Morgan fingerprint density at radius 2 is 1.87 bits per heavy atom. The van der Waals surface area contributed by atoms with Crippen LogP contribution in [-0.2, 0) is 4.79 Å². The fraction of sp³-hybridized carbons (Fsp3) is 0.364. The van der Waals surface area contributed by atoms with Crippen LogP contribution in [0.3, 0.4) is 0 Å². The van der Waals surface area contributed by atoms with Gasteiger partial charge in [-0.3, -0.25) is 4.79 Å². The summed E-state index contributed by atoms with van der Waals surface area (Å²) >= 11 is 13.3. The number of rotatable bonds is 2. The number of hydrogen-bond donors (Lipinski definition) is 0. The molecule has 0 amide bonds. The topological polar surface area (TPSA) is 17.1 Å². The van der Waals surface area contributed by atoms with E-state index in [1.165, 1.54) is 0 Å². The van der Waals surface area contributed by atoms with E-state index in [2.05, 4.69) is 0 Å². The summed E-state index contributed by atoms with van der Waals surface area (Å²) in [7, 11) is 0. The van der Waals surface area contributed by atoms with Crippen LogP contribution in [0.25, 0.3) is 0 Å². The molecule has 0 aliphatic heterocycles. The summed E-state index contributed by atoms with van der Waals surface area (Å²) in [5.41, 5.74) is 0. The second kappa shape index (κ2) is 4.77. The summed E-state index contributed by atoms with van der Waals surface area (Å²) < 4.78 is 0. The van der Waals surface area contributed by atoms with Crippen molar-refractivity contribution in [3.8, 4) is 0 Å². The number of thioether (sulfide) groups is 1. The molecular weight excluding hydrogens is 251 g/mol. The average molecular weight is 261 g/mol. The molecule has 1 atom stereocenters. The second-order valence-corrected chi connectivity index (χ2v) is 5.72. The lowest BCUT2D eigenvalue weighted by Crippen LogP contribution is -2.07. The molecule has 0 radical (unpaired) electrons. The first kappa shape index (κ1) is 11.3. The summed E-state index contributed by atoms with van der Waals surface area (Å²) in [6.07, 6.45) is 2.68. The van der Waals surface area contributed by atoms with Gasteiger partial charge in [0.2, 0.25) is 0 Å². The van der Waals surface area contributed by atoms with Crippen molar-refractivity contribution in [3.63, 3.8) is 0 Å². The molecule has 80 valence electrons. The van der Waals surface area contributed by atoms with Gasteiger partial charge < -0.3 is 0 Å². The molecule has 0 aromatic heterocycles. The van der Waals surface area contributed by atoms with Gasteiger partial charge in [-0.1, -0.05) is 23.2 Å². The Bertz CT molecular complexity index is 372. The molecule has 1 aromatic carbocycles. The lowest BCUT2D eigenvalue weighted by Gasteiger charge is -2.08. The first-order chi connectivity index (χ1) is 7.15. The first-order valence-corrected chi connectivity index (χ1v) is 6.44. The van der Waals surface area contributed by atoms with Crippen LogP contribution in [0.2, 0.25) is 10.0 Å². The van der Waals surface area contributed by atoms with Gasteiger partial charge in [-0.25, -0.2) is 0 Å². The van der Waals surface area contributed by atoms with E-state index in [1.807, 2.05) is 12.1 Å². The normalized spacial score (nSPS) is 20.9. The van der Waals surface area contributed by atoms with E-state index in [0.717, 1.165) is 17.7 Å². The van der Waals surface area contributed by atoms with Gasteiger partial charge in [0.05, 0.1) is 5.25 Å². The molecule has 0 N–H and O–H groups in total. The van der Waals surface area contributed by atoms with E-state index in [9.17, 15) is 4.79 Å². The van der Waals surface area contributed by atoms with Crippen molar-refractivity contribution in [1.82, 2.24) is 0 Å². The number of hydrogen-bond acceptors (Lipinski definition) is 2. The quantitative estimate of drug-likeness (QED) is 0.793. The molecule has 1 aliphatic carbocycles.